The van der Waals surface area contributed by atoms with Crippen molar-refractivity contribution in [2.45, 2.75) is 38.3 Å². The highest BCUT2D eigenvalue weighted by atomic mass is 16.7. The SMILES string of the molecule is C=CC(=O)Oc1ccc(C(=O)O[C@H]2CO[C@@H]3[C@H]2OC[C@H]3OC(=O)c2ccc(OC(=O)C=C)cc2C)c(C)c1. The Kier molecular flexibility index (Phi) is 8.04. The molecule has 0 spiro atoms. The first kappa shape index (κ1) is 26.8. The third kappa shape index (κ3) is 5.82. The zero-order chi connectivity index (χ0) is 27.4. The lowest BCUT2D eigenvalue weighted by molar-refractivity contribution is -0.129. The van der Waals surface area contributed by atoms with E-state index in [4.69, 9.17) is 28.4 Å². The van der Waals surface area contributed by atoms with E-state index in [0.717, 1.165) is 12.2 Å². The minimum atomic E-state index is -0.700. The highest BCUT2D eigenvalue weighted by Crippen LogP contribution is 2.32. The Balaban J connectivity index is 1.35. The summed E-state index contributed by atoms with van der Waals surface area (Å²) < 4.78 is 33.0. The number of benzene rings is 2. The molecule has 0 radical (unpaired) electrons. The van der Waals surface area contributed by atoms with Crippen LogP contribution >= 0.6 is 0 Å². The third-order valence-corrected chi connectivity index (χ3v) is 6.09. The molecule has 2 aliphatic rings. The number of ether oxygens (including phenoxy) is 6. The van der Waals surface area contributed by atoms with Gasteiger partial charge in [-0.05, 0) is 61.4 Å². The van der Waals surface area contributed by atoms with Gasteiger partial charge < -0.3 is 28.4 Å². The summed E-state index contributed by atoms with van der Waals surface area (Å²) in [5, 5.41) is 0. The largest absolute Gasteiger partial charge is 0.453 e. The fourth-order valence-electron chi connectivity index (χ4n) is 4.21. The van der Waals surface area contributed by atoms with Crippen molar-refractivity contribution >= 4 is 23.9 Å². The quantitative estimate of drug-likeness (QED) is 0.290. The molecule has 0 amide bonds. The van der Waals surface area contributed by atoms with Gasteiger partial charge in [-0.25, -0.2) is 19.2 Å². The summed E-state index contributed by atoms with van der Waals surface area (Å²) in [6.45, 7) is 10.2. The van der Waals surface area contributed by atoms with Crippen LogP contribution < -0.4 is 9.47 Å². The van der Waals surface area contributed by atoms with Gasteiger partial charge in [-0.2, -0.15) is 0 Å². The first-order chi connectivity index (χ1) is 18.2. The molecule has 0 aliphatic carbocycles. The van der Waals surface area contributed by atoms with Crippen molar-refractivity contribution in [1.82, 2.24) is 0 Å². The Bertz CT molecular complexity index is 1200. The van der Waals surface area contributed by atoms with Gasteiger partial charge in [0.2, 0.25) is 0 Å². The lowest BCUT2D eigenvalue weighted by atomic mass is 10.1. The molecule has 198 valence electrons. The molecule has 2 aliphatic heterocycles. The van der Waals surface area contributed by atoms with Gasteiger partial charge in [-0.1, -0.05) is 13.2 Å². The second-order valence-corrected chi connectivity index (χ2v) is 8.69. The van der Waals surface area contributed by atoms with Crippen LogP contribution in [0.3, 0.4) is 0 Å². The molecule has 4 atom stereocenters. The Hall–Kier alpha value is -4.28. The number of carbonyl (C=O) groups is 4. The Morgan fingerprint density at radius 1 is 0.737 bits per heavy atom. The molecule has 38 heavy (non-hydrogen) atoms. The smallest absolute Gasteiger partial charge is 0.338 e. The molecule has 0 bridgehead atoms. The van der Waals surface area contributed by atoms with Crippen LogP contribution in [0.2, 0.25) is 0 Å². The predicted octanol–water partition coefficient (Wildman–Crippen LogP) is 3.03. The lowest BCUT2D eigenvalue weighted by Crippen LogP contribution is -2.36. The van der Waals surface area contributed by atoms with E-state index in [-0.39, 0.29) is 24.7 Å². The molecule has 0 aromatic heterocycles. The van der Waals surface area contributed by atoms with Gasteiger partial charge in [0.1, 0.15) is 23.7 Å². The van der Waals surface area contributed by atoms with Gasteiger partial charge in [0.15, 0.2) is 12.2 Å². The summed E-state index contributed by atoms with van der Waals surface area (Å²) in [6, 6.07) is 9.07. The first-order valence-electron chi connectivity index (χ1n) is 11.7. The van der Waals surface area contributed by atoms with Crippen LogP contribution in [-0.2, 0) is 28.5 Å². The Labute approximate surface area is 218 Å². The van der Waals surface area contributed by atoms with Crippen molar-refractivity contribution in [2.24, 2.45) is 0 Å². The topological polar surface area (TPSA) is 124 Å². The summed E-state index contributed by atoms with van der Waals surface area (Å²) in [4.78, 5) is 48.4. The maximum Gasteiger partial charge on any atom is 0.338 e. The average Bonchev–Trinajstić information content (AvgIpc) is 3.47. The highest BCUT2D eigenvalue weighted by molar-refractivity contribution is 5.92. The standard InChI is InChI=1S/C28H26O10/c1-5-23(29)35-17-7-9-19(15(3)11-17)27(31)37-21-13-33-26-22(14-34-25(21)26)38-28(32)20-10-8-18(12-16(20)4)36-24(30)6-2/h5-12,21-22,25-26H,1-2,13-14H2,3-4H3/t21-,22+,25-,26-/m0/s1. The number of carbonyl (C=O) groups excluding carboxylic acids is 4. The van der Waals surface area contributed by atoms with Crippen molar-refractivity contribution in [3.05, 3.63) is 84.0 Å². The summed E-state index contributed by atoms with van der Waals surface area (Å²) >= 11 is 0. The average molecular weight is 523 g/mol. The van der Waals surface area contributed by atoms with Gasteiger partial charge in [-0.15, -0.1) is 0 Å². The van der Waals surface area contributed by atoms with Crippen LogP contribution in [0.5, 0.6) is 11.5 Å². The number of hydrogen-bond donors (Lipinski definition) is 0. The molecule has 2 heterocycles. The van der Waals surface area contributed by atoms with Crippen molar-refractivity contribution in [3.63, 3.8) is 0 Å². The number of aryl methyl sites for hydroxylation is 2. The van der Waals surface area contributed by atoms with Gasteiger partial charge >= 0.3 is 23.9 Å². The zero-order valence-corrected chi connectivity index (χ0v) is 20.8. The minimum Gasteiger partial charge on any atom is -0.453 e. The molecule has 0 N–H and O–H groups in total. The number of rotatable bonds is 8. The normalized spacial score (nSPS) is 21.6. The van der Waals surface area contributed by atoms with Crippen LogP contribution in [-0.4, -0.2) is 61.5 Å². The van der Waals surface area contributed by atoms with Crippen LogP contribution in [0, 0.1) is 13.8 Å². The number of esters is 4. The molecular weight excluding hydrogens is 496 g/mol. The van der Waals surface area contributed by atoms with Gasteiger partial charge in [-0.3, -0.25) is 0 Å². The molecule has 0 unspecified atom stereocenters. The van der Waals surface area contributed by atoms with Crippen molar-refractivity contribution in [3.8, 4) is 11.5 Å². The van der Waals surface area contributed by atoms with Crippen LogP contribution in [0.1, 0.15) is 31.8 Å². The predicted molar refractivity (Wildman–Crippen MR) is 132 cm³/mol. The summed E-state index contributed by atoms with van der Waals surface area (Å²) in [5.41, 5.74) is 1.70. The maximum atomic E-state index is 12.8. The fraction of sp³-hybridized carbons (Fsp3) is 0.286. The monoisotopic (exact) mass is 522 g/mol. The number of fused-ring (bicyclic) bond motifs is 1. The van der Waals surface area contributed by atoms with E-state index in [2.05, 4.69) is 13.2 Å². The highest BCUT2D eigenvalue weighted by Gasteiger charge is 2.51. The molecule has 2 aromatic carbocycles. The van der Waals surface area contributed by atoms with Crippen molar-refractivity contribution in [2.75, 3.05) is 13.2 Å². The summed E-state index contributed by atoms with van der Waals surface area (Å²) in [5.74, 6) is -1.84. The van der Waals surface area contributed by atoms with Crippen LogP contribution in [0.4, 0.5) is 0 Å². The zero-order valence-electron chi connectivity index (χ0n) is 20.8. The maximum absolute atomic E-state index is 12.8. The molecule has 4 rings (SSSR count). The van der Waals surface area contributed by atoms with E-state index >= 15 is 0 Å². The third-order valence-electron chi connectivity index (χ3n) is 6.09. The molecule has 0 saturated carbocycles. The lowest BCUT2D eigenvalue weighted by Gasteiger charge is -2.18. The molecule has 2 fully saturated rings. The van der Waals surface area contributed by atoms with E-state index in [1.54, 1.807) is 26.0 Å². The van der Waals surface area contributed by atoms with E-state index in [9.17, 15) is 19.2 Å². The molecule has 10 nitrogen and oxygen atoms in total. The second-order valence-electron chi connectivity index (χ2n) is 8.69. The Morgan fingerprint density at radius 3 is 1.47 bits per heavy atom. The van der Waals surface area contributed by atoms with Gasteiger partial charge in [0.05, 0.1) is 24.3 Å². The van der Waals surface area contributed by atoms with Gasteiger partial charge in [0.25, 0.3) is 0 Å². The minimum absolute atomic E-state index is 0.0750. The van der Waals surface area contributed by atoms with Crippen molar-refractivity contribution in [1.29, 1.82) is 0 Å². The molecule has 10 heteroatoms. The van der Waals surface area contributed by atoms with E-state index in [1.807, 2.05) is 0 Å². The van der Waals surface area contributed by atoms with Crippen LogP contribution in [0.15, 0.2) is 61.7 Å². The van der Waals surface area contributed by atoms with Gasteiger partial charge in [0, 0.05) is 12.2 Å². The summed E-state index contributed by atoms with van der Waals surface area (Å²) in [7, 11) is 0. The number of hydrogen-bond acceptors (Lipinski definition) is 10. The van der Waals surface area contributed by atoms with E-state index in [1.165, 1.54) is 24.3 Å². The van der Waals surface area contributed by atoms with Crippen LogP contribution in [0.25, 0.3) is 0 Å². The molecule has 2 saturated heterocycles. The fourth-order valence-corrected chi connectivity index (χ4v) is 4.21. The van der Waals surface area contributed by atoms with E-state index < -0.39 is 48.3 Å². The Morgan fingerprint density at radius 2 is 1.13 bits per heavy atom. The first-order valence-corrected chi connectivity index (χ1v) is 11.7. The van der Waals surface area contributed by atoms with Crippen molar-refractivity contribution < 1.29 is 47.6 Å². The molecular formula is C28H26O10. The second kappa shape index (κ2) is 11.4. The molecule has 2 aromatic rings. The summed E-state index contributed by atoms with van der Waals surface area (Å²) in [6.07, 6.45) is -0.524. The van der Waals surface area contributed by atoms with E-state index in [0.29, 0.717) is 22.3 Å².